The van der Waals surface area contributed by atoms with Gasteiger partial charge in [0, 0.05) is 58.9 Å². The summed E-state index contributed by atoms with van der Waals surface area (Å²) in [6.07, 6.45) is 0.336. The Hall–Kier alpha value is -7.04. The van der Waals surface area contributed by atoms with Crippen molar-refractivity contribution < 1.29 is 119 Å². The quantitative estimate of drug-likeness (QED) is 0.0141. The summed E-state index contributed by atoms with van der Waals surface area (Å²) >= 11 is 0. The number of hydrogen-bond acceptors (Lipinski definition) is 20. The van der Waals surface area contributed by atoms with Crippen LogP contribution in [0.25, 0.3) is 0 Å². The Morgan fingerprint density at radius 1 is 0.699 bits per heavy atom. The fourth-order valence-electron chi connectivity index (χ4n) is 9.34. The average molecular weight is 1320 g/mol. The molecule has 2 aliphatic rings. The molecule has 0 spiro atoms. The number of aliphatic hydroxyl groups excluding tert-OH is 1. The Balaban J connectivity index is 0.0000181. The number of nitrogens with two attached hydrogens (primary N) is 2. The number of amides is 5. The maximum absolute atomic E-state index is 13.6. The van der Waals surface area contributed by atoms with Crippen LogP contribution >= 0.6 is 0 Å². The van der Waals surface area contributed by atoms with Gasteiger partial charge in [-0.05, 0) is 68.6 Å². The third kappa shape index (κ3) is 23.6. The van der Waals surface area contributed by atoms with Crippen molar-refractivity contribution in [2.75, 3.05) is 88.8 Å². The Labute approximate surface area is 507 Å². The van der Waals surface area contributed by atoms with Crippen LogP contribution in [0.5, 0.6) is 0 Å². The molecule has 1 saturated heterocycles. The summed E-state index contributed by atoms with van der Waals surface area (Å²) < 4.78 is 0. The molecule has 0 aliphatic carbocycles. The Morgan fingerprint density at radius 2 is 1.24 bits per heavy atom. The molecule has 1 radical (unpaired) electrons. The van der Waals surface area contributed by atoms with E-state index in [2.05, 4.69) is 36.9 Å². The van der Waals surface area contributed by atoms with Crippen LogP contribution in [0.2, 0.25) is 0 Å². The number of aromatic nitrogens is 1. The number of rotatable bonds is 32. The number of hydrogen-bond donors (Lipinski definition) is 14. The summed E-state index contributed by atoms with van der Waals surface area (Å²) in [4.78, 5) is 166. The van der Waals surface area contributed by atoms with Crippen LogP contribution < -0.4 is 59.1 Å². The molecule has 0 unspecified atom stereocenters. The van der Waals surface area contributed by atoms with Crippen LogP contribution in [-0.4, -0.2) is 224 Å². The van der Waals surface area contributed by atoms with Crippen molar-refractivity contribution in [1.29, 1.82) is 0 Å². The smallest absolute Gasteiger partial charge is 0.481 e. The van der Waals surface area contributed by atoms with E-state index >= 15 is 0 Å². The summed E-state index contributed by atoms with van der Waals surface area (Å²) in [5.41, 5.74) is 10.6. The van der Waals surface area contributed by atoms with Crippen molar-refractivity contribution in [1.82, 2.24) is 46.3 Å². The van der Waals surface area contributed by atoms with Gasteiger partial charge in [0.25, 0.3) is 10.9 Å². The number of carbonyl (C=O) groups is 10. The topological polar surface area (TPSA) is 489 Å². The van der Waals surface area contributed by atoms with Crippen LogP contribution in [0.1, 0.15) is 75.7 Å². The molecule has 1 fully saturated rings. The molecule has 83 heavy (non-hydrogen) atoms. The van der Waals surface area contributed by atoms with Crippen molar-refractivity contribution in [3.8, 4) is 0 Å². The fourth-order valence-corrected chi connectivity index (χ4v) is 9.34. The molecule has 2 aromatic rings. The van der Waals surface area contributed by atoms with Crippen molar-refractivity contribution >= 4 is 76.7 Å². The Kier molecular flexibility index (Phi) is 29.2. The van der Waals surface area contributed by atoms with Gasteiger partial charge < -0.3 is 78.9 Å². The minimum atomic E-state index is -1.81. The maximum atomic E-state index is 13.6. The normalized spacial score (nSPS) is 16.5. The van der Waals surface area contributed by atoms with Gasteiger partial charge in [0.05, 0.1) is 50.6 Å². The van der Waals surface area contributed by atoms with E-state index in [0.29, 0.717) is 30.7 Å². The first kappa shape index (κ1) is 70.2. The second-order valence-electron chi connectivity index (χ2n) is 20.3. The second-order valence-corrected chi connectivity index (χ2v) is 20.3. The van der Waals surface area contributed by atoms with Gasteiger partial charge >= 0.3 is 69.8 Å². The number of guanidine groups is 1. The molecule has 33 heteroatoms. The number of aliphatic hydroxyl groups is 1. The van der Waals surface area contributed by atoms with Gasteiger partial charge in [-0.2, -0.15) is 0 Å². The predicted molar refractivity (Wildman–Crippen MR) is 290 cm³/mol. The van der Waals surface area contributed by atoms with Crippen LogP contribution in [0.15, 0.2) is 26.7 Å². The maximum Gasteiger partial charge on any atom is 3.00 e. The number of aliphatic imine (C=N–C) groups is 1. The number of nitrogens with one attached hydrogen (secondary N) is 6. The predicted octanol–water partition coefficient (Wildman–Crippen LogP) is -5.43. The number of carboxylic acid groups (broad SMARTS) is 5. The Morgan fingerprint density at radius 3 is 1.78 bits per heavy atom. The average Bonchev–Trinajstić information content (AvgIpc) is 4.16. The van der Waals surface area contributed by atoms with Gasteiger partial charge in [0.15, 0.2) is 5.96 Å². The molecule has 16 N–H and O–H groups in total. The zero-order valence-corrected chi connectivity index (χ0v) is 48.2. The summed E-state index contributed by atoms with van der Waals surface area (Å²) in [5, 5.41) is 72.5. The number of aliphatic carboxylic acids is 5. The van der Waals surface area contributed by atoms with E-state index in [1.54, 1.807) is 40.7 Å². The number of anilines is 2. The molecule has 1 aromatic heterocycles. The van der Waals surface area contributed by atoms with Crippen molar-refractivity contribution in [2.24, 2.45) is 22.4 Å². The number of nitrogens with zero attached hydrogens (tertiary/aromatic N) is 6. The minimum Gasteiger partial charge on any atom is -0.481 e. The van der Waals surface area contributed by atoms with E-state index < -0.39 is 120 Å². The first-order valence-electron chi connectivity index (χ1n) is 26.5. The zero-order chi connectivity index (χ0) is 60.8. The molecule has 3 heterocycles. The monoisotopic (exact) mass is 1320 g/mol. The van der Waals surface area contributed by atoms with Gasteiger partial charge in [-0.15, -0.1) is 0 Å². The van der Waals surface area contributed by atoms with Crippen molar-refractivity contribution in [3.05, 3.63) is 49.5 Å². The number of carboxylic acids is 5. The van der Waals surface area contributed by atoms with Crippen LogP contribution in [0.3, 0.4) is 0 Å². The van der Waals surface area contributed by atoms with Crippen molar-refractivity contribution in [2.45, 2.75) is 109 Å². The molecular formula is C50H74GdN14O18+3. The molecule has 2 bridgehead atoms. The SMILES string of the molecule is CC(C)C[C@H](NC(=O)[C@H](CC(=O)O)NC(=O)CNC(=O)[C@@H]1CCCN1c1c(NCCCc2cc3nc(c2)CN(CC(=O)O)CCN(CC(=O)O)CCN(CC(=O)O)C3)c(=O)c1=O)C(=O)N[C@@H](CO)C(=O)N[C@@H](CCCN=C(N)N)C(=O)O.[Gd+3]. The molecule has 0 saturated carbocycles. The van der Waals surface area contributed by atoms with Gasteiger partial charge in [-0.3, -0.25) is 77.4 Å². The summed E-state index contributed by atoms with van der Waals surface area (Å²) in [7, 11) is 0. The van der Waals surface area contributed by atoms with E-state index in [-0.39, 0.29) is 167 Å². The van der Waals surface area contributed by atoms with E-state index in [0.717, 1.165) is 5.56 Å². The minimum absolute atomic E-state index is 0. The molecule has 457 valence electrons. The number of pyridine rings is 1. The van der Waals surface area contributed by atoms with Crippen LogP contribution in [0.4, 0.5) is 11.4 Å². The second kappa shape index (κ2) is 34.5. The van der Waals surface area contributed by atoms with E-state index in [4.69, 9.17) is 16.5 Å². The first-order chi connectivity index (χ1) is 38.7. The summed E-state index contributed by atoms with van der Waals surface area (Å²) in [6.45, 7) is 1.86. The number of carbonyl (C=O) groups excluding carboxylic acids is 5. The first-order valence-corrected chi connectivity index (χ1v) is 26.5. The Bertz CT molecular complexity index is 2690. The molecule has 1 aromatic carbocycles. The molecule has 32 nitrogen and oxygen atoms in total. The standard InChI is InChI=1S/C50H74N14O18.Gd/c1-27(2)16-32(45(77)60-34(26-65)47(79)58-31(49(81)82)7-4-10-54-50(51)52)59-46(78)33(19-37(67)68)57-36(66)20-55-48(80)35-8-5-11-64(35)42-41(43(75)44(42)76)53-9-3-6-28-17-29-21-62(24-39(71)72)14-12-61(23-38(69)70)13-15-63(25-40(73)74)22-30(18-28)56-29;/h17-18,27,31-35,53,65H,3-16,19-26H2,1-2H3,(H,55,80)(H,57,66)(H,58,79)(H,59,78)(H,60,77)(H,67,68)(H,69,70)(H,71,72)(H,73,74)(H,81,82)(H4,51,52,54);/q;+3/t31-,32-,33-,34-,35-;/m0./s1. The molecular weight excluding hydrogens is 1240 g/mol. The van der Waals surface area contributed by atoms with Gasteiger partial charge in [-0.25, -0.2) is 4.79 Å². The summed E-state index contributed by atoms with van der Waals surface area (Å²) in [6, 6.07) is -3.92. The van der Waals surface area contributed by atoms with Gasteiger partial charge in [-0.1, -0.05) is 13.8 Å². The van der Waals surface area contributed by atoms with Crippen molar-refractivity contribution in [3.63, 3.8) is 0 Å². The number of fused-ring (bicyclic) bond motifs is 2. The largest absolute Gasteiger partial charge is 3.00 e. The molecule has 4 rings (SSSR count). The van der Waals surface area contributed by atoms with Gasteiger partial charge in [0.2, 0.25) is 29.5 Å². The van der Waals surface area contributed by atoms with Crippen LogP contribution in [0, 0.1) is 45.9 Å². The van der Waals surface area contributed by atoms with E-state index in [1.807, 2.05) is 0 Å². The summed E-state index contributed by atoms with van der Waals surface area (Å²) in [5.74, 6) is -11.8. The van der Waals surface area contributed by atoms with Gasteiger partial charge in [0.1, 0.15) is 41.6 Å². The van der Waals surface area contributed by atoms with E-state index in [9.17, 15) is 88.2 Å². The molecule has 5 amide bonds. The third-order valence-electron chi connectivity index (χ3n) is 13.1. The number of aryl methyl sites for hydroxylation is 1. The molecule has 2 aliphatic heterocycles. The molecule has 5 atom stereocenters. The zero-order valence-electron chi connectivity index (χ0n) is 45.9. The fraction of sp³-hybridized carbons (Fsp3) is 0.600. The third-order valence-corrected chi connectivity index (χ3v) is 13.1. The van der Waals surface area contributed by atoms with E-state index in [1.165, 1.54) is 4.90 Å². The van der Waals surface area contributed by atoms with Crippen LogP contribution in [-0.2, 0) is 67.5 Å².